The van der Waals surface area contributed by atoms with Crippen LogP contribution in [-0.2, 0) is 12.8 Å². The topological polar surface area (TPSA) is 72.2 Å². The molecule has 0 radical (unpaired) electrons. The van der Waals surface area contributed by atoms with Crippen LogP contribution in [-0.4, -0.2) is 17.2 Å². The van der Waals surface area contributed by atoms with Crippen molar-refractivity contribution in [3.63, 3.8) is 0 Å². The highest BCUT2D eigenvalue weighted by Gasteiger charge is 2.34. The van der Waals surface area contributed by atoms with E-state index in [-0.39, 0.29) is 0 Å². The summed E-state index contributed by atoms with van der Waals surface area (Å²) in [5.74, 6) is 0.793. The van der Waals surface area contributed by atoms with Crippen molar-refractivity contribution in [2.24, 2.45) is 0 Å². The summed E-state index contributed by atoms with van der Waals surface area (Å²) in [5.41, 5.74) is 5.02. The molecule has 1 aliphatic carbocycles. The highest BCUT2D eigenvalue weighted by molar-refractivity contribution is 6.09. The lowest BCUT2D eigenvalue weighted by Gasteiger charge is -2.13. The van der Waals surface area contributed by atoms with Crippen molar-refractivity contribution in [3.8, 4) is 5.75 Å². The standard InChI is InChI=1S/C22H20N2O3/c1-27-14-8-6-13(7-9-14)12-18-22-20(15-4-2-3-5-16(15)23-22)21-17(24(18)26)10-11-19(21)25/h2-9,19,23,25H,10-12H2,1H3. The molecule has 1 aliphatic rings. The maximum absolute atomic E-state index is 13.2. The zero-order valence-electron chi connectivity index (χ0n) is 15.0. The molecule has 0 spiro atoms. The summed E-state index contributed by atoms with van der Waals surface area (Å²) in [6, 6.07) is 15.8. The lowest BCUT2D eigenvalue weighted by atomic mass is 10.0. The van der Waals surface area contributed by atoms with E-state index in [0.717, 1.165) is 43.4 Å². The summed E-state index contributed by atoms with van der Waals surface area (Å²) in [6.45, 7) is 0. The SMILES string of the molecule is COc1ccc(Cc2c3[nH]c4ccccc4c3c3c([n+]2[O-])CCC3O)cc1. The largest absolute Gasteiger partial charge is 0.618 e. The zero-order valence-corrected chi connectivity index (χ0v) is 15.0. The predicted molar refractivity (Wildman–Crippen MR) is 104 cm³/mol. The summed E-state index contributed by atoms with van der Waals surface area (Å²) in [6.07, 6.45) is 1.13. The molecule has 2 aromatic heterocycles. The van der Waals surface area contributed by atoms with Crippen molar-refractivity contribution in [3.05, 3.63) is 76.3 Å². The lowest BCUT2D eigenvalue weighted by Crippen LogP contribution is -2.37. The van der Waals surface area contributed by atoms with E-state index < -0.39 is 6.10 Å². The number of benzene rings is 2. The van der Waals surface area contributed by atoms with Crippen LogP contribution < -0.4 is 9.47 Å². The first-order chi connectivity index (χ1) is 13.2. The Balaban J connectivity index is 1.77. The molecule has 136 valence electrons. The maximum atomic E-state index is 13.2. The van der Waals surface area contributed by atoms with Crippen LogP contribution in [0.25, 0.3) is 21.8 Å². The number of H-pyrrole nitrogens is 1. The van der Waals surface area contributed by atoms with Crippen LogP contribution in [0.1, 0.15) is 35.0 Å². The number of ether oxygens (including phenoxy) is 1. The minimum absolute atomic E-state index is 0.514. The van der Waals surface area contributed by atoms with Crippen molar-refractivity contribution < 1.29 is 14.6 Å². The third-order valence-electron chi connectivity index (χ3n) is 5.58. The molecule has 1 atom stereocenters. The van der Waals surface area contributed by atoms with Crippen molar-refractivity contribution >= 4 is 21.8 Å². The zero-order chi connectivity index (χ0) is 18.5. The number of aromatic amines is 1. The van der Waals surface area contributed by atoms with E-state index >= 15 is 0 Å². The van der Waals surface area contributed by atoms with E-state index in [1.165, 1.54) is 0 Å². The van der Waals surface area contributed by atoms with E-state index in [0.29, 0.717) is 30.7 Å². The second-order valence-corrected chi connectivity index (χ2v) is 7.10. The Morgan fingerprint density at radius 1 is 1.19 bits per heavy atom. The fourth-order valence-electron chi connectivity index (χ4n) is 4.27. The fourth-order valence-corrected chi connectivity index (χ4v) is 4.27. The highest BCUT2D eigenvalue weighted by Crippen LogP contribution is 2.39. The molecule has 5 heteroatoms. The first-order valence-corrected chi connectivity index (χ1v) is 9.16. The molecule has 5 nitrogen and oxygen atoms in total. The number of aliphatic hydroxyl groups is 1. The summed E-state index contributed by atoms with van der Waals surface area (Å²) >= 11 is 0. The monoisotopic (exact) mass is 360 g/mol. The molecule has 27 heavy (non-hydrogen) atoms. The third-order valence-corrected chi connectivity index (χ3v) is 5.58. The average Bonchev–Trinajstić information content (AvgIpc) is 3.26. The van der Waals surface area contributed by atoms with Crippen LogP contribution >= 0.6 is 0 Å². The molecular weight excluding hydrogens is 340 g/mol. The number of nitrogens with zero attached hydrogens (tertiary/aromatic N) is 1. The van der Waals surface area contributed by atoms with E-state index in [1.807, 2.05) is 48.5 Å². The average molecular weight is 360 g/mol. The van der Waals surface area contributed by atoms with Gasteiger partial charge in [-0.15, -0.1) is 0 Å². The molecule has 0 amide bonds. The molecular formula is C22H20N2O3. The molecule has 5 rings (SSSR count). The van der Waals surface area contributed by atoms with Crippen LogP contribution in [0.15, 0.2) is 48.5 Å². The molecule has 0 fully saturated rings. The highest BCUT2D eigenvalue weighted by atomic mass is 16.5. The van der Waals surface area contributed by atoms with E-state index in [1.54, 1.807) is 7.11 Å². The Morgan fingerprint density at radius 2 is 1.96 bits per heavy atom. The van der Waals surface area contributed by atoms with Gasteiger partial charge in [-0.25, -0.2) is 0 Å². The second kappa shape index (κ2) is 5.99. The Bertz CT molecular complexity index is 1160. The van der Waals surface area contributed by atoms with Crippen LogP contribution in [0.3, 0.4) is 0 Å². The fraction of sp³-hybridized carbons (Fsp3) is 0.227. The van der Waals surface area contributed by atoms with Crippen molar-refractivity contribution in [2.45, 2.75) is 25.4 Å². The maximum Gasteiger partial charge on any atom is 0.221 e. The van der Waals surface area contributed by atoms with Crippen LogP contribution in [0, 0.1) is 5.21 Å². The Kier molecular flexibility index (Phi) is 3.58. The molecule has 0 bridgehead atoms. The Morgan fingerprint density at radius 3 is 2.74 bits per heavy atom. The van der Waals surface area contributed by atoms with Gasteiger partial charge in [0.2, 0.25) is 5.69 Å². The number of fused-ring (bicyclic) bond motifs is 5. The van der Waals surface area contributed by atoms with E-state index in [9.17, 15) is 10.3 Å². The molecule has 0 saturated heterocycles. The van der Waals surface area contributed by atoms with Gasteiger partial charge in [-0.3, -0.25) is 0 Å². The number of pyridine rings is 1. The second-order valence-electron chi connectivity index (χ2n) is 7.10. The van der Waals surface area contributed by atoms with Gasteiger partial charge in [0.25, 0.3) is 0 Å². The van der Waals surface area contributed by atoms with Crippen LogP contribution in [0.5, 0.6) is 5.75 Å². The summed E-state index contributed by atoms with van der Waals surface area (Å²) in [5, 5.41) is 25.8. The molecule has 4 aromatic rings. The predicted octanol–water partition coefficient (Wildman–Crippen LogP) is 3.53. The molecule has 2 heterocycles. The molecule has 2 N–H and O–H groups in total. The van der Waals surface area contributed by atoms with Crippen LogP contribution in [0.2, 0.25) is 0 Å². The van der Waals surface area contributed by atoms with E-state index in [2.05, 4.69) is 4.98 Å². The minimum Gasteiger partial charge on any atom is -0.618 e. The van der Waals surface area contributed by atoms with E-state index in [4.69, 9.17) is 4.74 Å². The van der Waals surface area contributed by atoms with Gasteiger partial charge in [0, 0.05) is 22.7 Å². The van der Waals surface area contributed by atoms with Crippen molar-refractivity contribution in [2.75, 3.05) is 7.11 Å². The number of hydrogen-bond donors (Lipinski definition) is 2. The number of para-hydroxylation sites is 1. The molecule has 1 unspecified atom stereocenters. The summed E-state index contributed by atoms with van der Waals surface area (Å²) < 4.78 is 6.26. The third kappa shape index (κ3) is 2.39. The number of aliphatic hydroxyl groups excluding tert-OH is 1. The van der Waals surface area contributed by atoms with Gasteiger partial charge in [0.15, 0.2) is 5.69 Å². The normalized spacial score (nSPS) is 16.1. The van der Waals surface area contributed by atoms with Gasteiger partial charge < -0.3 is 20.0 Å². The first kappa shape index (κ1) is 16.1. The van der Waals surface area contributed by atoms with Gasteiger partial charge in [-0.2, -0.15) is 4.73 Å². The lowest BCUT2D eigenvalue weighted by molar-refractivity contribution is -0.620. The quantitative estimate of drug-likeness (QED) is 0.434. The van der Waals surface area contributed by atoms with Gasteiger partial charge in [0.05, 0.1) is 25.2 Å². The smallest absolute Gasteiger partial charge is 0.221 e. The Hall–Kier alpha value is -3.05. The van der Waals surface area contributed by atoms with Crippen molar-refractivity contribution in [1.29, 1.82) is 0 Å². The number of hydrogen-bond acceptors (Lipinski definition) is 3. The number of nitrogens with one attached hydrogen (secondary N) is 1. The molecule has 2 aromatic carbocycles. The minimum atomic E-state index is -0.586. The summed E-state index contributed by atoms with van der Waals surface area (Å²) in [7, 11) is 1.64. The van der Waals surface area contributed by atoms with Crippen molar-refractivity contribution in [1.82, 2.24) is 4.98 Å². The molecule has 0 saturated carbocycles. The van der Waals surface area contributed by atoms with Crippen LogP contribution in [0.4, 0.5) is 0 Å². The molecule has 0 aliphatic heterocycles. The van der Waals surface area contributed by atoms with Gasteiger partial charge >= 0.3 is 0 Å². The van der Waals surface area contributed by atoms with Gasteiger partial charge in [0.1, 0.15) is 11.3 Å². The van der Waals surface area contributed by atoms with Gasteiger partial charge in [-0.1, -0.05) is 30.3 Å². The first-order valence-electron chi connectivity index (χ1n) is 9.16. The number of rotatable bonds is 3. The Labute approximate surface area is 156 Å². The van der Waals surface area contributed by atoms with Gasteiger partial charge in [-0.05, 0) is 30.2 Å². The number of methoxy groups -OCH3 is 1. The summed E-state index contributed by atoms with van der Waals surface area (Å²) in [4.78, 5) is 3.42. The number of aromatic nitrogens is 2.